The zero-order valence-electron chi connectivity index (χ0n) is 12.7. The molecule has 24 heavy (non-hydrogen) atoms. The molecule has 0 saturated carbocycles. The van der Waals surface area contributed by atoms with Crippen LogP contribution in [0.25, 0.3) is 0 Å². The number of aliphatic carboxylic acids is 1. The molecule has 0 saturated heterocycles. The fourth-order valence-corrected chi connectivity index (χ4v) is 2.24. The SMILES string of the molecule is N#Cc1cccc(C[C@@H](NC(=O)[C@@H](O)c2ccccc2)C(=O)O)c1. The first-order valence-electron chi connectivity index (χ1n) is 7.26. The van der Waals surface area contributed by atoms with Crippen molar-refractivity contribution >= 4 is 11.9 Å². The molecule has 2 aromatic rings. The minimum Gasteiger partial charge on any atom is -0.480 e. The number of nitrogens with zero attached hydrogens (tertiary/aromatic N) is 1. The highest BCUT2D eigenvalue weighted by molar-refractivity contribution is 5.87. The minimum atomic E-state index is -1.45. The number of nitriles is 1. The Morgan fingerprint density at radius 2 is 1.83 bits per heavy atom. The number of carboxylic acid groups (broad SMARTS) is 1. The number of carbonyl (C=O) groups excluding carboxylic acids is 1. The predicted molar refractivity (Wildman–Crippen MR) is 85.8 cm³/mol. The average molecular weight is 324 g/mol. The first-order chi connectivity index (χ1) is 11.5. The molecule has 0 aliphatic carbocycles. The van der Waals surface area contributed by atoms with Crippen LogP contribution in [0.5, 0.6) is 0 Å². The molecule has 0 fully saturated rings. The van der Waals surface area contributed by atoms with Crippen molar-refractivity contribution in [1.29, 1.82) is 5.26 Å². The number of carboxylic acids is 1. The second-order valence-electron chi connectivity index (χ2n) is 5.23. The number of aliphatic hydroxyl groups is 1. The molecule has 0 spiro atoms. The van der Waals surface area contributed by atoms with Gasteiger partial charge in [0.15, 0.2) is 6.10 Å². The summed E-state index contributed by atoms with van der Waals surface area (Å²) in [7, 11) is 0. The molecular weight excluding hydrogens is 308 g/mol. The number of benzene rings is 2. The normalized spacial score (nSPS) is 12.7. The Labute approximate surface area is 139 Å². The number of nitrogens with one attached hydrogen (secondary N) is 1. The van der Waals surface area contributed by atoms with Crippen LogP contribution in [0, 0.1) is 11.3 Å². The van der Waals surface area contributed by atoms with Gasteiger partial charge in [0.2, 0.25) is 0 Å². The molecule has 0 aromatic heterocycles. The molecule has 0 heterocycles. The van der Waals surface area contributed by atoms with Crippen molar-refractivity contribution in [2.45, 2.75) is 18.6 Å². The van der Waals surface area contributed by atoms with Gasteiger partial charge in [-0.25, -0.2) is 4.79 Å². The Balaban J connectivity index is 2.09. The molecule has 2 rings (SSSR count). The highest BCUT2D eigenvalue weighted by Gasteiger charge is 2.25. The summed E-state index contributed by atoms with van der Waals surface area (Å²) >= 11 is 0. The number of hydrogen-bond acceptors (Lipinski definition) is 4. The molecule has 122 valence electrons. The monoisotopic (exact) mass is 324 g/mol. The van der Waals surface area contributed by atoms with Gasteiger partial charge in [0.05, 0.1) is 11.6 Å². The van der Waals surface area contributed by atoms with Gasteiger partial charge in [-0.1, -0.05) is 42.5 Å². The lowest BCUT2D eigenvalue weighted by molar-refractivity contribution is -0.143. The summed E-state index contributed by atoms with van der Waals surface area (Å²) in [6.07, 6.45) is -1.43. The van der Waals surface area contributed by atoms with Crippen molar-refractivity contribution in [3.8, 4) is 6.07 Å². The zero-order valence-corrected chi connectivity index (χ0v) is 12.7. The smallest absolute Gasteiger partial charge is 0.326 e. The average Bonchev–Trinajstić information content (AvgIpc) is 2.61. The van der Waals surface area contributed by atoms with E-state index in [0.29, 0.717) is 16.7 Å². The van der Waals surface area contributed by atoms with Crippen molar-refractivity contribution < 1.29 is 19.8 Å². The van der Waals surface area contributed by atoms with Crippen molar-refractivity contribution in [2.24, 2.45) is 0 Å². The van der Waals surface area contributed by atoms with Gasteiger partial charge in [-0.3, -0.25) is 4.79 Å². The summed E-state index contributed by atoms with van der Waals surface area (Å²) < 4.78 is 0. The van der Waals surface area contributed by atoms with Gasteiger partial charge in [-0.15, -0.1) is 0 Å². The van der Waals surface area contributed by atoms with Crippen molar-refractivity contribution in [3.63, 3.8) is 0 Å². The third-order valence-electron chi connectivity index (χ3n) is 3.47. The molecule has 2 atom stereocenters. The second-order valence-corrected chi connectivity index (χ2v) is 5.23. The van der Waals surface area contributed by atoms with Crippen molar-refractivity contribution in [1.82, 2.24) is 5.32 Å². The van der Waals surface area contributed by atoms with E-state index in [0.717, 1.165) is 0 Å². The Bertz CT molecular complexity index is 768. The molecule has 3 N–H and O–H groups in total. The zero-order chi connectivity index (χ0) is 17.5. The summed E-state index contributed by atoms with van der Waals surface area (Å²) in [5.74, 6) is -2.00. The highest BCUT2D eigenvalue weighted by Crippen LogP contribution is 2.13. The maximum atomic E-state index is 12.1. The van der Waals surface area contributed by atoms with Crippen LogP contribution >= 0.6 is 0 Å². The fraction of sp³-hybridized carbons (Fsp3) is 0.167. The van der Waals surface area contributed by atoms with E-state index in [1.165, 1.54) is 0 Å². The van der Waals surface area contributed by atoms with Crippen LogP contribution in [0.1, 0.15) is 22.8 Å². The van der Waals surface area contributed by atoms with E-state index >= 15 is 0 Å². The van der Waals surface area contributed by atoms with Gasteiger partial charge in [0.25, 0.3) is 5.91 Å². The molecular formula is C18H16N2O4. The van der Waals surface area contributed by atoms with Crippen LogP contribution in [0.2, 0.25) is 0 Å². The van der Waals surface area contributed by atoms with E-state index in [1.54, 1.807) is 54.6 Å². The molecule has 1 amide bonds. The van der Waals surface area contributed by atoms with Crippen LogP contribution in [0.15, 0.2) is 54.6 Å². The molecule has 0 unspecified atom stereocenters. The van der Waals surface area contributed by atoms with Crippen LogP contribution in [-0.2, 0) is 16.0 Å². The van der Waals surface area contributed by atoms with E-state index in [4.69, 9.17) is 5.26 Å². The van der Waals surface area contributed by atoms with Gasteiger partial charge >= 0.3 is 5.97 Å². The highest BCUT2D eigenvalue weighted by atomic mass is 16.4. The molecule has 0 aliphatic heterocycles. The summed E-state index contributed by atoms with van der Waals surface area (Å²) in [5, 5.41) is 30.5. The molecule has 6 nitrogen and oxygen atoms in total. The Hall–Kier alpha value is -3.17. The lowest BCUT2D eigenvalue weighted by Crippen LogP contribution is -2.44. The van der Waals surface area contributed by atoms with Crippen molar-refractivity contribution in [2.75, 3.05) is 0 Å². The maximum Gasteiger partial charge on any atom is 0.326 e. The fourth-order valence-electron chi connectivity index (χ4n) is 2.24. The predicted octanol–water partition coefficient (Wildman–Crippen LogP) is 1.40. The first-order valence-corrected chi connectivity index (χ1v) is 7.26. The van der Waals surface area contributed by atoms with Gasteiger partial charge in [0, 0.05) is 6.42 Å². The third-order valence-corrected chi connectivity index (χ3v) is 3.47. The van der Waals surface area contributed by atoms with E-state index in [1.807, 2.05) is 6.07 Å². The number of aliphatic hydroxyl groups excluding tert-OH is 1. The Morgan fingerprint density at radius 3 is 2.46 bits per heavy atom. The molecule has 0 aliphatic rings. The Morgan fingerprint density at radius 1 is 1.12 bits per heavy atom. The topological polar surface area (TPSA) is 110 Å². The Kier molecular flexibility index (Phi) is 5.66. The van der Waals surface area contributed by atoms with Crippen LogP contribution in [0.4, 0.5) is 0 Å². The number of carbonyl (C=O) groups is 2. The summed E-state index contributed by atoms with van der Waals surface area (Å²) in [6, 6.07) is 15.5. The van der Waals surface area contributed by atoms with Gasteiger partial charge in [0.1, 0.15) is 6.04 Å². The summed E-state index contributed by atoms with van der Waals surface area (Å²) in [5.41, 5.74) is 1.40. The summed E-state index contributed by atoms with van der Waals surface area (Å²) in [4.78, 5) is 23.5. The first kappa shape index (κ1) is 17.2. The van der Waals surface area contributed by atoms with E-state index in [9.17, 15) is 19.8 Å². The minimum absolute atomic E-state index is 0.0120. The van der Waals surface area contributed by atoms with Gasteiger partial charge < -0.3 is 15.5 Å². The number of amides is 1. The number of rotatable bonds is 6. The van der Waals surface area contributed by atoms with Crippen LogP contribution < -0.4 is 5.32 Å². The van der Waals surface area contributed by atoms with Crippen molar-refractivity contribution in [3.05, 3.63) is 71.3 Å². The summed E-state index contributed by atoms with van der Waals surface area (Å²) in [6.45, 7) is 0. The van der Waals surface area contributed by atoms with Crippen LogP contribution in [0.3, 0.4) is 0 Å². The standard InChI is InChI=1S/C18H16N2O4/c19-11-13-6-4-5-12(9-13)10-15(18(23)24)20-17(22)16(21)14-7-2-1-3-8-14/h1-9,15-16,21H,10H2,(H,20,22)(H,23,24)/t15-,16+/m1/s1. The number of hydrogen-bond donors (Lipinski definition) is 3. The maximum absolute atomic E-state index is 12.1. The third kappa shape index (κ3) is 4.41. The van der Waals surface area contributed by atoms with Gasteiger partial charge in [-0.05, 0) is 23.3 Å². The quantitative estimate of drug-likeness (QED) is 0.744. The van der Waals surface area contributed by atoms with Crippen LogP contribution in [-0.4, -0.2) is 28.1 Å². The molecule has 0 radical (unpaired) electrons. The lowest BCUT2D eigenvalue weighted by Gasteiger charge is -2.17. The molecule has 0 bridgehead atoms. The lowest BCUT2D eigenvalue weighted by atomic mass is 10.0. The van der Waals surface area contributed by atoms with E-state index in [-0.39, 0.29) is 6.42 Å². The second kappa shape index (κ2) is 7.90. The van der Waals surface area contributed by atoms with E-state index < -0.39 is 24.0 Å². The largest absolute Gasteiger partial charge is 0.480 e. The van der Waals surface area contributed by atoms with E-state index in [2.05, 4.69) is 5.32 Å². The molecule has 2 aromatic carbocycles. The molecule has 6 heteroatoms. The van der Waals surface area contributed by atoms with Gasteiger partial charge in [-0.2, -0.15) is 5.26 Å².